The Bertz CT molecular complexity index is 886. The van der Waals surface area contributed by atoms with Crippen molar-refractivity contribution in [3.05, 3.63) is 71.3 Å². The van der Waals surface area contributed by atoms with E-state index < -0.39 is 0 Å². The highest BCUT2D eigenvalue weighted by molar-refractivity contribution is 5.95. The SMILES string of the molecule is CCc1ccc(C(CNC(=O)C=Cc2ccc(N3CCCC3=O)cc2)N(C)C)cc1. The summed E-state index contributed by atoms with van der Waals surface area (Å²) in [4.78, 5) is 28.1. The molecule has 1 N–H and O–H groups in total. The zero-order valence-corrected chi connectivity index (χ0v) is 18.1. The van der Waals surface area contributed by atoms with E-state index in [9.17, 15) is 9.59 Å². The summed E-state index contributed by atoms with van der Waals surface area (Å²) in [6.07, 6.45) is 5.91. The number of hydrogen-bond donors (Lipinski definition) is 1. The van der Waals surface area contributed by atoms with Gasteiger partial charge in [-0.1, -0.05) is 43.3 Å². The number of carbonyl (C=O) groups is 2. The number of carbonyl (C=O) groups excluding carboxylic acids is 2. The zero-order chi connectivity index (χ0) is 21.5. The van der Waals surface area contributed by atoms with Crippen LogP contribution in [0.1, 0.15) is 42.5 Å². The van der Waals surface area contributed by atoms with E-state index in [1.165, 1.54) is 11.1 Å². The van der Waals surface area contributed by atoms with Crippen molar-refractivity contribution in [2.45, 2.75) is 32.2 Å². The summed E-state index contributed by atoms with van der Waals surface area (Å²) in [5, 5.41) is 3.00. The summed E-state index contributed by atoms with van der Waals surface area (Å²) in [7, 11) is 4.04. The predicted octanol–water partition coefficient (Wildman–Crippen LogP) is 3.81. The smallest absolute Gasteiger partial charge is 0.244 e. The molecule has 1 aliphatic heterocycles. The van der Waals surface area contributed by atoms with Crippen LogP contribution in [-0.4, -0.2) is 43.9 Å². The molecule has 1 heterocycles. The second kappa shape index (κ2) is 10.2. The molecule has 0 bridgehead atoms. The second-order valence-corrected chi connectivity index (χ2v) is 7.89. The lowest BCUT2D eigenvalue weighted by atomic mass is 10.0. The van der Waals surface area contributed by atoms with E-state index in [4.69, 9.17) is 0 Å². The Morgan fingerprint density at radius 2 is 1.83 bits per heavy atom. The summed E-state index contributed by atoms with van der Waals surface area (Å²) in [6, 6.07) is 16.4. The molecule has 0 spiro atoms. The normalized spacial score (nSPS) is 15.2. The van der Waals surface area contributed by atoms with E-state index >= 15 is 0 Å². The second-order valence-electron chi connectivity index (χ2n) is 7.89. The summed E-state index contributed by atoms with van der Waals surface area (Å²) < 4.78 is 0. The van der Waals surface area contributed by atoms with Crippen LogP contribution < -0.4 is 10.2 Å². The summed E-state index contributed by atoms with van der Waals surface area (Å²) in [5.41, 5.74) is 4.35. The fourth-order valence-corrected chi connectivity index (χ4v) is 3.69. The number of rotatable bonds is 8. The molecule has 5 nitrogen and oxygen atoms in total. The van der Waals surface area contributed by atoms with E-state index in [0.29, 0.717) is 13.0 Å². The number of nitrogens with one attached hydrogen (secondary N) is 1. The maximum Gasteiger partial charge on any atom is 0.244 e. The molecule has 0 radical (unpaired) electrons. The van der Waals surface area contributed by atoms with Crippen LogP contribution in [0.3, 0.4) is 0 Å². The Labute approximate surface area is 179 Å². The van der Waals surface area contributed by atoms with Gasteiger partial charge in [0, 0.05) is 31.3 Å². The first-order valence-electron chi connectivity index (χ1n) is 10.6. The van der Waals surface area contributed by atoms with Crippen LogP contribution in [0.2, 0.25) is 0 Å². The van der Waals surface area contributed by atoms with Gasteiger partial charge in [0.1, 0.15) is 0 Å². The van der Waals surface area contributed by atoms with Gasteiger partial charge in [0.2, 0.25) is 11.8 Å². The molecule has 0 saturated carbocycles. The summed E-state index contributed by atoms with van der Waals surface area (Å²) in [5.74, 6) is 0.0586. The number of amides is 2. The van der Waals surface area contributed by atoms with Gasteiger partial charge < -0.3 is 15.1 Å². The molecule has 1 saturated heterocycles. The highest BCUT2D eigenvalue weighted by Crippen LogP contribution is 2.22. The van der Waals surface area contributed by atoms with Gasteiger partial charge in [-0.25, -0.2) is 0 Å². The van der Waals surface area contributed by atoms with Crippen molar-refractivity contribution in [2.24, 2.45) is 0 Å². The summed E-state index contributed by atoms with van der Waals surface area (Å²) in [6.45, 7) is 3.47. The monoisotopic (exact) mass is 405 g/mol. The van der Waals surface area contributed by atoms with Crippen LogP contribution >= 0.6 is 0 Å². The summed E-state index contributed by atoms with van der Waals surface area (Å²) >= 11 is 0. The minimum absolute atomic E-state index is 0.116. The topological polar surface area (TPSA) is 52.7 Å². The molecule has 1 fully saturated rings. The lowest BCUT2D eigenvalue weighted by Crippen LogP contribution is -2.33. The van der Waals surface area contributed by atoms with Gasteiger partial charge >= 0.3 is 0 Å². The van der Waals surface area contributed by atoms with Crippen LogP contribution in [0.25, 0.3) is 6.08 Å². The van der Waals surface area contributed by atoms with Crippen molar-refractivity contribution >= 4 is 23.6 Å². The van der Waals surface area contributed by atoms with Gasteiger partial charge in [0.15, 0.2) is 0 Å². The predicted molar refractivity (Wildman–Crippen MR) is 122 cm³/mol. The minimum atomic E-state index is -0.120. The Kier molecular flexibility index (Phi) is 7.41. The van der Waals surface area contributed by atoms with Crippen molar-refractivity contribution in [2.75, 3.05) is 32.1 Å². The number of nitrogens with zero attached hydrogens (tertiary/aromatic N) is 2. The Morgan fingerprint density at radius 3 is 2.40 bits per heavy atom. The first-order chi connectivity index (χ1) is 14.5. The highest BCUT2D eigenvalue weighted by Gasteiger charge is 2.21. The van der Waals surface area contributed by atoms with Crippen molar-refractivity contribution in [3.63, 3.8) is 0 Å². The molecule has 2 aromatic rings. The van der Waals surface area contributed by atoms with Crippen LogP contribution in [-0.2, 0) is 16.0 Å². The molecule has 0 aliphatic carbocycles. The maximum atomic E-state index is 12.3. The van der Waals surface area contributed by atoms with Gasteiger partial charge in [-0.05, 0) is 61.8 Å². The molecule has 1 atom stereocenters. The quantitative estimate of drug-likeness (QED) is 0.680. The molecule has 1 aliphatic rings. The van der Waals surface area contributed by atoms with Gasteiger partial charge in [-0.15, -0.1) is 0 Å². The third kappa shape index (κ3) is 5.57. The van der Waals surface area contributed by atoms with Crippen LogP contribution in [0, 0.1) is 0 Å². The van der Waals surface area contributed by atoms with E-state index in [0.717, 1.165) is 30.6 Å². The number of hydrogen-bond acceptors (Lipinski definition) is 3. The van der Waals surface area contributed by atoms with E-state index in [-0.39, 0.29) is 17.9 Å². The lowest BCUT2D eigenvalue weighted by molar-refractivity contribution is -0.117. The van der Waals surface area contributed by atoms with E-state index in [2.05, 4.69) is 41.4 Å². The highest BCUT2D eigenvalue weighted by atomic mass is 16.2. The maximum absolute atomic E-state index is 12.3. The molecule has 158 valence electrons. The molecular weight excluding hydrogens is 374 g/mol. The third-order valence-corrected chi connectivity index (χ3v) is 5.57. The first-order valence-corrected chi connectivity index (χ1v) is 10.6. The van der Waals surface area contributed by atoms with Gasteiger partial charge in [0.05, 0.1) is 6.04 Å². The standard InChI is InChI=1S/C25H31N3O2/c1-4-19-7-12-21(13-8-19)23(27(2)3)18-26-24(29)16-11-20-9-14-22(15-10-20)28-17-5-6-25(28)30/h7-16,23H,4-6,17-18H2,1-3H3,(H,26,29). The van der Waals surface area contributed by atoms with Crippen molar-refractivity contribution in [1.82, 2.24) is 10.2 Å². The molecule has 5 heteroatoms. The number of benzene rings is 2. The lowest BCUT2D eigenvalue weighted by Gasteiger charge is -2.25. The number of aryl methyl sites for hydroxylation is 1. The van der Waals surface area contributed by atoms with Crippen LogP contribution in [0.4, 0.5) is 5.69 Å². The fourth-order valence-electron chi connectivity index (χ4n) is 3.69. The number of anilines is 1. The molecule has 2 aromatic carbocycles. The van der Waals surface area contributed by atoms with Crippen molar-refractivity contribution < 1.29 is 9.59 Å². The fraction of sp³-hybridized carbons (Fsp3) is 0.360. The Hall–Kier alpha value is -2.92. The average Bonchev–Trinajstić information content (AvgIpc) is 3.19. The molecule has 30 heavy (non-hydrogen) atoms. The molecular formula is C25H31N3O2. The van der Waals surface area contributed by atoms with E-state index in [1.807, 2.05) is 43.3 Å². The van der Waals surface area contributed by atoms with Crippen molar-refractivity contribution in [3.8, 4) is 0 Å². The van der Waals surface area contributed by atoms with Gasteiger partial charge in [-0.3, -0.25) is 9.59 Å². The zero-order valence-electron chi connectivity index (χ0n) is 18.1. The number of likely N-dealkylation sites (N-methyl/N-ethyl adjacent to an activating group) is 1. The van der Waals surface area contributed by atoms with Crippen LogP contribution in [0.5, 0.6) is 0 Å². The first kappa shape index (κ1) is 21.8. The van der Waals surface area contributed by atoms with Gasteiger partial charge in [0.25, 0.3) is 0 Å². The largest absolute Gasteiger partial charge is 0.351 e. The molecule has 1 unspecified atom stereocenters. The molecule has 0 aromatic heterocycles. The average molecular weight is 406 g/mol. The molecule has 2 amide bonds. The van der Waals surface area contributed by atoms with Gasteiger partial charge in [-0.2, -0.15) is 0 Å². The van der Waals surface area contributed by atoms with Crippen molar-refractivity contribution in [1.29, 1.82) is 0 Å². The Morgan fingerprint density at radius 1 is 1.13 bits per heavy atom. The molecule has 3 rings (SSSR count). The minimum Gasteiger partial charge on any atom is -0.351 e. The van der Waals surface area contributed by atoms with Crippen LogP contribution in [0.15, 0.2) is 54.6 Å². The van der Waals surface area contributed by atoms with E-state index in [1.54, 1.807) is 12.2 Å². The Balaban J connectivity index is 1.55. The third-order valence-electron chi connectivity index (χ3n) is 5.57.